The summed E-state index contributed by atoms with van der Waals surface area (Å²) in [6, 6.07) is 3.36. The van der Waals surface area contributed by atoms with E-state index in [0.717, 1.165) is 0 Å². The Hall–Kier alpha value is -4.35. The van der Waals surface area contributed by atoms with Crippen molar-refractivity contribution in [3.8, 4) is 11.6 Å². The maximum Gasteiger partial charge on any atom is 0.407 e. The van der Waals surface area contributed by atoms with Crippen LogP contribution in [0.25, 0.3) is 11.0 Å². The molecule has 1 aromatic heterocycles. The van der Waals surface area contributed by atoms with E-state index in [1.54, 1.807) is 13.0 Å². The second-order valence-corrected chi connectivity index (χ2v) is 17.1. The van der Waals surface area contributed by atoms with Gasteiger partial charge in [0.15, 0.2) is 5.69 Å². The number of sulfonamides is 1. The Morgan fingerprint density at radius 2 is 1.83 bits per heavy atom. The van der Waals surface area contributed by atoms with Gasteiger partial charge in [-0.25, -0.2) is 23.2 Å². The fourth-order valence-corrected chi connectivity index (χ4v) is 9.31. The molecule has 54 heavy (non-hydrogen) atoms. The van der Waals surface area contributed by atoms with Crippen molar-refractivity contribution >= 4 is 44.9 Å². The zero-order valence-corrected chi connectivity index (χ0v) is 31.3. The molecule has 3 N–H and O–H groups in total. The maximum atomic E-state index is 16.2. The summed E-state index contributed by atoms with van der Waals surface area (Å²) in [4.78, 5) is 64.5. The number of alkyl carbamates (subject to hydrolysis) is 1. The fourth-order valence-electron chi connectivity index (χ4n) is 7.94. The van der Waals surface area contributed by atoms with Crippen LogP contribution in [0.2, 0.25) is 0 Å². The molecular weight excluding hydrogens is 730 g/mol. The minimum atomic E-state index is -3.93. The molecule has 15 nitrogen and oxygen atoms in total. The molecule has 1 aromatic carbocycles. The number of nitrogens with one attached hydrogen (secondary N) is 3. The van der Waals surface area contributed by atoms with Crippen LogP contribution in [-0.2, 0) is 35.1 Å². The number of methoxy groups -OCH3 is 1. The molecule has 18 heteroatoms. The third-order valence-corrected chi connectivity index (χ3v) is 13.3. The normalized spacial score (nSPS) is 31.0. The smallest absolute Gasteiger partial charge is 0.407 e. The summed E-state index contributed by atoms with van der Waals surface area (Å²) in [5.74, 6) is -6.92. The third-order valence-electron chi connectivity index (χ3n) is 11.5. The number of ether oxygens (including phenoxy) is 3. The Labute approximate surface area is 311 Å². The number of aromatic nitrogens is 2. The van der Waals surface area contributed by atoms with Crippen LogP contribution in [0.3, 0.4) is 0 Å². The fraction of sp³-hybridized carbons (Fsp3) is 0.667. The molecule has 2 aromatic rings. The number of amides is 4. The van der Waals surface area contributed by atoms with Crippen molar-refractivity contribution in [2.24, 2.45) is 17.8 Å². The first kappa shape index (κ1) is 37.9. The molecule has 3 heterocycles. The first-order valence-corrected chi connectivity index (χ1v) is 20.3. The van der Waals surface area contributed by atoms with Crippen molar-refractivity contribution in [3.63, 3.8) is 0 Å². The molecule has 294 valence electrons. The molecule has 4 amide bonds. The molecule has 1 saturated heterocycles. The standard InChI is InChI=1S/C36H46F2N6O9S/c1-4-20-16-35(20,33(47)43-54(49,50)22-10-11-22)42-31(46)29-23(5-2)27-18-44(29)28(45)17-39-34(48)53-26-14-19(26)8-6-7-13-36(37,38)30-32(52-27)41-25-15-21(51-3)9-12-24(25)40-30/h9,12,15,19-20,22-23,26-27,29H,4-8,10-11,13-14,16-18H2,1-3H3,(H,39,48)(H,42,46)(H,43,47)/t19-,20-,23-,26-,27+,29+,35-/m1/s1. The molecule has 3 aliphatic carbocycles. The molecule has 5 aliphatic rings. The number of rotatable bonds is 8. The predicted octanol–water partition coefficient (Wildman–Crippen LogP) is 3.30. The third kappa shape index (κ3) is 7.49. The number of nitrogens with zero attached hydrogens (tertiary/aromatic N) is 3. The monoisotopic (exact) mass is 776 g/mol. The lowest BCUT2D eigenvalue weighted by molar-refractivity contribution is -0.140. The van der Waals surface area contributed by atoms with Gasteiger partial charge in [-0.1, -0.05) is 26.7 Å². The van der Waals surface area contributed by atoms with Crippen LogP contribution in [0.15, 0.2) is 18.2 Å². The van der Waals surface area contributed by atoms with Gasteiger partial charge in [0, 0.05) is 18.4 Å². The van der Waals surface area contributed by atoms with E-state index in [-0.39, 0.29) is 48.7 Å². The van der Waals surface area contributed by atoms with E-state index in [2.05, 4.69) is 25.3 Å². The van der Waals surface area contributed by atoms with Crippen molar-refractivity contribution in [3.05, 3.63) is 23.9 Å². The summed E-state index contributed by atoms with van der Waals surface area (Å²) in [5, 5.41) is 4.59. The van der Waals surface area contributed by atoms with Crippen LogP contribution < -0.4 is 24.8 Å². The Morgan fingerprint density at radius 3 is 2.52 bits per heavy atom. The van der Waals surface area contributed by atoms with Gasteiger partial charge in [-0.2, -0.15) is 8.78 Å². The van der Waals surface area contributed by atoms with E-state index in [0.29, 0.717) is 44.3 Å². The van der Waals surface area contributed by atoms with Crippen LogP contribution in [0, 0.1) is 17.8 Å². The first-order chi connectivity index (χ1) is 25.7. The quantitative estimate of drug-likeness (QED) is 0.356. The van der Waals surface area contributed by atoms with E-state index < -0.39 is 99.3 Å². The number of fused-ring (bicyclic) bond motifs is 5. The van der Waals surface area contributed by atoms with Gasteiger partial charge >= 0.3 is 6.09 Å². The van der Waals surface area contributed by atoms with Gasteiger partial charge < -0.3 is 29.7 Å². The molecule has 0 radical (unpaired) electrons. The number of carbonyl (C=O) groups is 4. The van der Waals surface area contributed by atoms with Crippen molar-refractivity contribution < 1.29 is 50.6 Å². The number of carbonyl (C=O) groups excluding carboxylic acids is 4. The molecule has 7 rings (SSSR count). The highest BCUT2D eigenvalue weighted by atomic mass is 32.2. The Balaban J connectivity index is 1.23. The van der Waals surface area contributed by atoms with Crippen molar-refractivity contribution in [2.75, 3.05) is 20.2 Å². The van der Waals surface area contributed by atoms with Gasteiger partial charge in [0.25, 0.3) is 11.8 Å². The zero-order chi connectivity index (χ0) is 38.6. The summed E-state index contributed by atoms with van der Waals surface area (Å²) in [6.45, 7) is 2.77. The Kier molecular flexibility index (Phi) is 10.1. The highest BCUT2D eigenvalue weighted by Gasteiger charge is 2.63. The van der Waals surface area contributed by atoms with Gasteiger partial charge in [-0.05, 0) is 68.9 Å². The first-order valence-electron chi connectivity index (χ1n) is 18.7. The van der Waals surface area contributed by atoms with Crippen LogP contribution in [0.1, 0.15) is 83.7 Å². The zero-order valence-electron chi connectivity index (χ0n) is 30.4. The van der Waals surface area contributed by atoms with Crippen molar-refractivity contribution in [2.45, 2.75) is 113 Å². The molecular formula is C36H46F2N6O9S. The topological polar surface area (TPSA) is 195 Å². The SMILES string of the molecule is CC[C@@H]1[C@@H]2CN(C(=O)CNC(=O)O[C@@H]3C[C@H]3CCCCC(F)(F)c3nc4ccc(OC)cc4nc3O2)[C@@H]1C(=O)N[C@]1(C(=O)NS(=O)(=O)C2CC2)C[C@H]1CC. The van der Waals surface area contributed by atoms with Crippen LogP contribution >= 0.6 is 0 Å². The molecule has 3 saturated carbocycles. The average molecular weight is 777 g/mol. The highest BCUT2D eigenvalue weighted by Crippen LogP contribution is 2.48. The maximum absolute atomic E-state index is 16.2. The molecule has 4 fully saturated rings. The van der Waals surface area contributed by atoms with Crippen molar-refractivity contribution in [1.29, 1.82) is 0 Å². The molecule has 7 atom stereocenters. The molecule has 0 unspecified atom stereocenters. The predicted molar refractivity (Wildman–Crippen MR) is 188 cm³/mol. The summed E-state index contributed by atoms with van der Waals surface area (Å²) in [7, 11) is -2.47. The van der Waals surface area contributed by atoms with Gasteiger partial charge in [-0.3, -0.25) is 19.1 Å². The van der Waals surface area contributed by atoms with E-state index in [4.69, 9.17) is 14.2 Å². The van der Waals surface area contributed by atoms with Crippen LogP contribution in [0.4, 0.5) is 13.6 Å². The average Bonchev–Trinajstić information content (AvgIpc) is 4.06. The highest BCUT2D eigenvalue weighted by molar-refractivity contribution is 7.91. The van der Waals surface area contributed by atoms with E-state index >= 15 is 8.78 Å². The van der Waals surface area contributed by atoms with E-state index in [1.807, 2.05) is 6.92 Å². The number of halogens is 2. The largest absolute Gasteiger partial charge is 0.497 e. The second kappa shape index (κ2) is 14.4. The number of hydrogen-bond acceptors (Lipinski definition) is 11. The van der Waals surface area contributed by atoms with Crippen molar-refractivity contribution in [1.82, 2.24) is 30.2 Å². The van der Waals surface area contributed by atoms with Crippen LogP contribution in [-0.4, -0.2) is 96.3 Å². The Morgan fingerprint density at radius 1 is 1.06 bits per heavy atom. The van der Waals surface area contributed by atoms with E-state index in [1.165, 1.54) is 24.1 Å². The lowest BCUT2D eigenvalue weighted by Gasteiger charge is -2.29. The number of benzene rings is 1. The van der Waals surface area contributed by atoms with E-state index in [9.17, 15) is 27.6 Å². The number of hydrogen-bond donors (Lipinski definition) is 3. The Bertz CT molecular complexity index is 1950. The summed E-state index contributed by atoms with van der Waals surface area (Å²) in [6.07, 6.45) is 0.712. The second-order valence-electron chi connectivity index (χ2n) is 15.1. The minimum absolute atomic E-state index is 0.0178. The van der Waals surface area contributed by atoms with Crippen LogP contribution in [0.5, 0.6) is 11.6 Å². The van der Waals surface area contributed by atoms with Gasteiger partial charge in [0.1, 0.15) is 36.1 Å². The summed E-state index contributed by atoms with van der Waals surface area (Å²) in [5.41, 5.74) is -1.77. The van der Waals surface area contributed by atoms with Gasteiger partial charge in [-0.15, -0.1) is 0 Å². The van der Waals surface area contributed by atoms with Gasteiger partial charge in [0.05, 0.1) is 29.9 Å². The number of alkyl halides is 2. The summed E-state index contributed by atoms with van der Waals surface area (Å²) >= 11 is 0. The molecule has 2 aliphatic heterocycles. The lowest BCUT2D eigenvalue weighted by Crippen LogP contribution is -2.58. The molecule has 0 spiro atoms. The minimum Gasteiger partial charge on any atom is -0.497 e. The lowest BCUT2D eigenvalue weighted by atomic mass is 9.93. The molecule has 2 bridgehead atoms. The van der Waals surface area contributed by atoms with Gasteiger partial charge in [0.2, 0.25) is 27.7 Å². The summed E-state index contributed by atoms with van der Waals surface area (Å²) < 4.78 is 77.0.